The van der Waals surface area contributed by atoms with Crippen LogP contribution >= 0.6 is 15.9 Å². The number of phenols is 1. The van der Waals surface area contributed by atoms with Crippen molar-refractivity contribution in [1.29, 1.82) is 0 Å². The third kappa shape index (κ3) is 3.68. The van der Waals surface area contributed by atoms with Gasteiger partial charge in [-0.25, -0.2) is 4.79 Å². The number of nitrogens with one attached hydrogen (secondary N) is 1. The molecule has 2 aliphatic rings. The van der Waals surface area contributed by atoms with Crippen molar-refractivity contribution in [2.75, 3.05) is 7.11 Å². The van der Waals surface area contributed by atoms with Crippen molar-refractivity contribution in [1.82, 2.24) is 5.32 Å². The number of methoxy groups -OCH3 is 1. The molecule has 0 fully saturated rings. The van der Waals surface area contributed by atoms with Gasteiger partial charge >= 0.3 is 5.97 Å². The summed E-state index contributed by atoms with van der Waals surface area (Å²) >= 11 is 3.34. The van der Waals surface area contributed by atoms with Crippen LogP contribution in [0.15, 0.2) is 39.1 Å². The number of hydrogen-bond acceptors (Lipinski definition) is 6. The number of esters is 1. The lowest BCUT2D eigenvalue weighted by Gasteiger charge is -2.34. The molecule has 1 aliphatic carbocycles. The van der Waals surface area contributed by atoms with E-state index in [1.54, 1.807) is 26.0 Å². The third-order valence-corrected chi connectivity index (χ3v) is 5.55. The Labute approximate surface area is 172 Å². The molecule has 28 heavy (non-hydrogen) atoms. The van der Waals surface area contributed by atoms with Crippen LogP contribution in [0.1, 0.15) is 51.5 Å². The Morgan fingerprint density at radius 1 is 1.32 bits per heavy atom. The number of hydrogen-bond donors (Lipinski definition) is 2. The maximum atomic E-state index is 12.9. The van der Waals surface area contributed by atoms with Gasteiger partial charge < -0.3 is 19.9 Å². The number of dihydropyridines is 1. The molecule has 0 saturated carbocycles. The predicted molar refractivity (Wildman–Crippen MR) is 108 cm³/mol. The predicted octanol–water partition coefficient (Wildman–Crippen LogP) is 4.08. The molecule has 1 aliphatic heterocycles. The summed E-state index contributed by atoms with van der Waals surface area (Å²) in [6, 6.07) is 3.38. The molecule has 0 radical (unpaired) electrons. The minimum Gasteiger partial charge on any atom is -0.503 e. The van der Waals surface area contributed by atoms with Gasteiger partial charge in [0, 0.05) is 29.3 Å². The van der Waals surface area contributed by atoms with Gasteiger partial charge in [0.1, 0.15) is 0 Å². The summed E-state index contributed by atoms with van der Waals surface area (Å²) in [5, 5.41) is 13.4. The second-order valence-corrected chi connectivity index (χ2v) is 8.13. The van der Waals surface area contributed by atoms with E-state index < -0.39 is 11.9 Å². The van der Waals surface area contributed by atoms with Crippen LogP contribution in [0.4, 0.5) is 0 Å². The lowest BCUT2D eigenvalue weighted by Crippen LogP contribution is -2.35. The lowest BCUT2D eigenvalue weighted by molar-refractivity contribution is -0.143. The minimum absolute atomic E-state index is 0.0178. The standard InChI is InChI=1S/C21H24BrNO5/c1-10(2)28-21(26)17-11(3)23-14-6-5-7-15(24)19(14)18(17)12-8-13(22)20(25)16(9-12)27-4/h8-10,18,23,25H,5-7H2,1-4H3. The van der Waals surface area contributed by atoms with Crippen LogP contribution in [-0.2, 0) is 14.3 Å². The number of rotatable bonds is 4. The van der Waals surface area contributed by atoms with Crippen LogP contribution in [0.2, 0.25) is 0 Å². The Kier molecular flexibility index (Phi) is 5.84. The van der Waals surface area contributed by atoms with Gasteiger partial charge in [0.05, 0.1) is 23.3 Å². The van der Waals surface area contributed by atoms with Crippen LogP contribution in [0.5, 0.6) is 11.5 Å². The largest absolute Gasteiger partial charge is 0.503 e. The fourth-order valence-corrected chi connectivity index (χ4v) is 4.24. The smallest absolute Gasteiger partial charge is 0.337 e. The fraction of sp³-hybridized carbons (Fsp3) is 0.429. The van der Waals surface area contributed by atoms with Gasteiger partial charge in [-0.15, -0.1) is 0 Å². The topological polar surface area (TPSA) is 84.9 Å². The highest BCUT2D eigenvalue weighted by atomic mass is 79.9. The van der Waals surface area contributed by atoms with Gasteiger partial charge in [0.15, 0.2) is 17.3 Å². The number of allylic oxidation sites excluding steroid dienone is 3. The quantitative estimate of drug-likeness (QED) is 0.673. The molecule has 0 bridgehead atoms. The van der Waals surface area contributed by atoms with Crippen molar-refractivity contribution in [2.24, 2.45) is 0 Å². The molecule has 150 valence electrons. The highest BCUT2D eigenvalue weighted by Gasteiger charge is 2.39. The van der Waals surface area contributed by atoms with Crippen molar-refractivity contribution >= 4 is 27.7 Å². The number of Topliss-reactive ketones (excluding diaryl/α,β-unsaturated/α-hetero) is 1. The van der Waals surface area contributed by atoms with E-state index in [9.17, 15) is 14.7 Å². The molecule has 0 amide bonds. The van der Waals surface area contributed by atoms with Crippen LogP contribution < -0.4 is 10.1 Å². The van der Waals surface area contributed by atoms with Crippen LogP contribution in [0, 0.1) is 0 Å². The molecule has 0 spiro atoms. The first-order chi connectivity index (χ1) is 13.2. The highest BCUT2D eigenvalue weighted by Crippen LogP contribution is 2.46. The number of carbonyl (C=O) groups is 2. The maximum absolute atomic E-state index is 12.9. The van der Waals surface area contributed by atoms with E-state index in [4.69, 9.17) is 9.47 Å². The zero-order valence-electron chi connectivity index (χ0n) is 16.4. The van der Waals surface area contributed by atoms with Crippen molar-refractivity contribution in [3.63, 3.8) is 0 Å². The number of aromatic hydroxyl groups is 1. The van der Waals surface area contributed by atoms with Crippen molar-refractivity contribution < 1.29 is 24.2 Å². The van der Waals surface area contributed by atoms with Crippen molar-refractivity contribution in [3.05, 3.63) is 44.7 Å². The number of phenolic OH excluding ortho intramolecular Hbond substituents is 1. The Balaban J connectivity index is 2.22. The SMILES string of the molecule is COc1cc(C2C(C(=O)OC(C)C)=C(C)NC3=C2C(=O)CCC3)cc(Br)c1O. The van der Waals surface area contributed by atoms with E-state index >= 15 is 0 Å². The number of halogens is 1. The summed E-state index contributed by atoms with van der Waals surface area (Å²) in [4.78, 5) is 25.8. The van der Waals surface area contributed by atoms with Gasteiger partial charge in [-0.1, -0.05) is 0 Å². The van der Waals surface area contributed by atoms with Crippen molar-refractivity contribution in [3.8, 4) is 11.5 Å². The van der Waals surface area contributed by atoms with Gasteiger partial charge in [-0.3, -0.25) is 4.79 Å². The summed E-state index contributed by atoms with van der Waals surface area (Å²) in [6.45, 7) is 5.39. The molecule has 2 N–H and O–H groups in total. The zero-order valence-corrected chi connectivity index (χ0v) is 18.0. The van der Waals surface area contributed by atoms with Gasteiger partial charge in [-0.2, -0.15) is 0 Å². The lowest BCUT2D eigenvalue weighted by atomic mass is 9.75. The Morgan fingerprint density at radius 3 is 2.68 bits per heavy atom. The second kappa shape index (κ2) is 7.99. The molecule has 6 nitrogen and oxygen atoms in total. The molecule has 1 aromatic carbocycles. The Morgan fingerprint density at radius 2 is 2.04 bits per heavy atom. The molecular formula is C21H24BrNO5. The summed E-state index contributed by atoms with van der Waals surface area (Å²) in [5.74, 6) is -0.789. The summed E-state index contributed by atoms with van der Waals surface area (Å²) in [7, 11) is 1.46. The van der Waals surface area contributed by atoms with Crippen molar-refractivity contribution in [2.45, 2.75) is 52.1 Å². The average molecular weight is 450 g/mol. The monoisotopic (exact) mass is 449 g/mol. The summed E-state index contributed by atoms with van der Waals surface area (Å²) in [5.41, 5.74) is 3.20. The third-order valence-electron chi connectivity index (χ3n) is 4.94. The molecular weight excluding hydrogens is 426 g/mol. The second-order valence-electron chi connectivity index (χ2n) is 7.27. The number of carbonyl (C=O) groups excluding carboxylic acids is 2. The van der Waals surface area contributed by atoms with E-state index in [2.05, 4.69) is 21.2 Å². The first kappa shape index (κ1) is 20.5. The molecule has 7 heteroatoms. The minimum atomic E-state index is -0.582. The molecule has 1 unspecified atom stereocenters. The average Bonchev–Trinajstić information content (AvgIpc) is 2.62. The zero-order chi connectivity index (χ0) is 20.6. The molecule has 3 rings (SSSR count). The molecule has 0 aromatic heterocycles. The van der Waals surface area contributed by atoms with E-state index in [0.717, 1.165) is 18.5 Å². The number of benzene rings is 1. The van der Waals surface area contributed by atoms with Crippen LogP contribution in [-0.4, -0.2) is 30.1 Å². The summed E-state index contributed by atoms with van der Waals surface area (Å²) in [6.07, 6.45) is 1.68. The first-order valence-corrected chi connectivity index (χ1v) is 10.0. The van der Waals surface area contributed by atoms with E-state index in [1.807, 2.05) is 6.92 Å². The van der Waals surface area contributed by atoms with Gasteiger partial charge in [0.2, 0.25) is 0 Å². The number of ether oxygens (including phenoxy) is 2. The van der Waals surface area contributed by atoms with E-state index in [1.165, 1.54) is 7.11 Å². The summed E-state index contributed by atoms with van der Waals surface area (Å²) < 4.78 is 11.2. The highest BCUT2D eigenvalue weighted by molar-refractivity contribution is 9.10. The van der Waals surface area contributed by atoms with Gasteiger partial charge in [-0.05, 0) is 67.2 Å². The van der Waals surface area contributed by atoms with Crippen LogP contribution in [0.3, 0.4) is 0 Å². The first-order valence-electron chi connectivity index (χ1n) is 9.26. The fourth-order valence-electron chi connectivity index (χ4n) is 3.78. The maximum Gasteiger partial charge on any atom is 0.337 e. The molecule has 1 atom stereocenters. The van der Waals surface area contributed by atoms with E-state index in [-0.39, 0.29) is 23.4 Å². The molecule has 1 aromatic rings. The van der Waals surface area contributed by atoms with Gasteiger partial charge in [0.25, 0.3) is 0 Å². The Bertz CT molecular complexity index is 900. The van der Waals surface area contributed by atoms with E-state index in [0.29, 0.717) is 33.3 Å². The molecule has 1 heterocycles. The normalized spacial score (nSPS) is 19.5. The number of ketones is 1. The molecule has 0 saturated heterocycles. The van der Waals surface area contributed by atoms with Crippen LogP contribution in [0.25, 0.3) is 0 Å². The Hall–Kier alpha value is -2.28.